The molecular formula is C35H38N4O4. The third-order valence-corrected chi connectivity index (χ3v) is 7.95. The molecule has 0 spiro atoms. The average molecular weight is 579 g/mol. The van der Waals surface area contributed by atoms with E-state index in [9.17, 15) is 0 Å². The maximum absolute atomic E-state index is 6.89. The minimum Gasteiger partial charge on any atom is -0.374 e. The molecule has 1 aliphatic rings. The number of benzene rings is 3. The first-order valence-corrected chi connectivity index (χ1v) is 14.6. The fourth-order valence-electron chi connectivity index (χ4n) is 5.74. The van der Waals surface area contributed by atoms with E-state index in [1.54, 1.807) is 6.33 Å². The van der Waals surface area contributed by atoms with E-state index in [-0.39, 0.29) is 6.10 Å². The van der Waals surface area contributed by atoms with E-state index >= 15 is 0 Å². The third-order valence-electron chi connectivity index (χ3n) is 7.95. The molecule has 1 aliphatic heterocycles. The Labute approximate surface area is 252 Å². The Morgan fingerprint density at radius 1 is 0.791 bits per heavy atom. The molecular weight excluding hydrogens is 540 g/mol. The van der Waals surface area contributed by atoms with Crippen molar-refractivity contribution >= 4 is 11.3 Å². The monoisotopic (exact) mass is 578 g/mol. The SMILES string of the molecule is CN(C)c1ncnn2c([C@@H]3O[C@H](COCc4ccccc4)[C@@H](OCc4ccccc4)[C@@]3(C)OCc3ccccc3)ccc12. The summed E-state index contributed by atoms with van der Waals surface area (Å²) in [5, 5.41) is 4.63. The fraction of sp³-hybridized carbons (Fsp3) is 0.314. The Morgan fingerprint density at radius 2 is 1.40 bits per heavy atom. The Kier molecular flexibility index (Phi) is 8.81. The van der Waals surface area contributed by atoms with Crippen molar-refractivity contribution in [2.45, 2.75) is 50.7 Å². The first-order valence-electron chi connectivity index (χ1n) is 14.6. The van der Waals surface area contributed by atoms with E-state index in [2.05, 4.69) is 53.4 Å². The molecule has 2 aromatic heterocycles. The van der Waals surface area contributed by atoms with Gasteiger partial charge in [0.1, 0.15) is 35.8 Å². The van der Waals surface area contributed by atoms with Gasteiger partial charge in [-0.15, -0.1) is 0 Å². The van der Waals surface area contributed by atoms with Crippen LogP contribution in [-0.2, 0) is 38.8 Å². The van der Waals surface area contributed by atoms with Crippen LogP contribution in [0.1, 0.15) is 35.4 Å². The molecule has 4 atom stereocenters. The summed E-state index contributed by atoms with van der Waals surface area (Å²) in [5.41, 5.74) is 4.15. The highest BCUT2D eigenvalue weighted by Gasteiger charge is 2.57. The number of aromatic nitrogens is 3. The number of anilines is 1. The van der Waals surface area contributed by atoms with Crippen molar-refractivity contribution in [2.24, 2.45) is 0 Å². The van der Waals surface area contributed by atoms with Crippen LogP contribution in [0, 0.1) is 0 Å². The van der Waals surface area contributed by atoms with E-state index in [1.165, 1.54) is 0 Å². The Bertz CT molecular complexity index is 1600. The van der Waals surface area contributed by atoms with Gasteiger partial charge in [0.25, 0.3) is 0 Å². The van der Waals surface area contributed by atoms with E-state index in [0.717, 1.165) is 33.7 Å². The summed E-state index contributed by atoms with van der Waals surface area (Å²) in [6.07, 6.45) is 0.263. The lowest BCUT2D eigenvalue weighted by Crippen LogP contribution is -2.47. The van der Waals surface area contributed by atoms with Gasteiger partial charge >= 0.3 is 0 Å². The van der Waals surface area contributed by atoms with Crippen LogP contribution in [0.25, 0.3) is 5.52 Å². The first kappa shape index (κ1) is 29.0. The van der Waals surface area contributed by atoms with Gasteiger partial charge in [0.15, 0.2) is 5.82 Å². The normalized spacial score (nSPS) is 21.8. The van der Waals surface area contributed by atoms with Gasteiger partial charge in [0, 0.05) is 14.1 Å². The number of hydrogen-bond donors (Lipinski definition) is 0. The molecule has 8 heteroatoms. The molecule has 222 valence electrons. The zero-order valence-electron chi connectivity index (χ0n) is 24.9. The second-order valence-electron chi connectivity index (χ2n) is 11.3. The molecule has 3 heterocycles. The van der Waals surface area contributed by atoms with Crippen LogP contribution >= 0.6 is 0 Å². The Morgan fingerprint density at radius 3 is 2.02 bits per heavy atom. The van der Waals surface area contributed by atoms with Gasteiger partial charge in [-0.05, 0) is 35.7 Å². The lowest BCUT2D eigenvalue weighted by Gasteiger charge is -2.35. The number of rotatable bonds is 12. The molecule has 43 heavy (non-hydrogen) atoms. The maximum Gasteiger partial charge on any atom is 0.156 e. The van der Waals surface area contributed by atoms with Crippen molar-refractivity contribution in [3.63, 3.8) is 0 Å². The smallest absolute Gasteiger partial charge is 0.156 e. The van der Waals surface area contributed by atoms with Crippen LogP contribution in [0.15, 0.2) is 109 Å². The highest BCUT2D eigenvalue weighted by molar-refractivity contribution is 5.68. The van der Waals surface area contributed by atoms with Gasteiger partial charge in [0.2, 0.25) is 0 Å². The van der Waals surface area contributed by atoms with Crippen molar-refractivity contribution < 1.29 is 18.9 Å². The average Bonchev–Trinajstić information content (AvgIpc) is 3.58. The van der Waals surface area contributed by atoms with Crippen molar-refractivity contribution in [1.82, 2.24) is 14.6 Å². The standard InChI is InChI=1S/C35H38N4O4/c1-35(42-23-28-17-11-6-12-18-28)32(29-19-20-30-34(38(2)3)36-25-37-39(29)30)43-31(24-40-21-26-13-7-4-8-14-26)33(35)41-22-27-15-9-5-10-16-27/h4-20,25,31-33H,21-24H2,1-3H3/t31-,32+,33-,35+/m1/s1. The highest BCUT2D eigenvalue weighted by atomic mass is 16.6. The zero-order valence-corrected chi connectivity index (χ0v) is 24.9. The second kappa shape index (κ2) is 13.1. The predicted molar refractivity (Wildman–Crippen MR) is 166 cm³/mol. The van der Waals surface area contributed by atoms with E-state index in [4.69, 9.17) is 18.9 Å². The van der Waals surface area contributed by atoms with Crippen LogP contribution in [0.4, 0.5) is 5.82 Å². The molecule has 0 bridgehead atoms. The third kappa shape index (κ3) is 6.33. The van der Waals surface area contributed by atoms with Gasteiger partial charge in [-0.25, -0.2) is 9.50 Å². The lowest BCUT2D eigenvalue weighted by molar-refractivity contribution is -0.148. The van der Waals surface area contributed by atoms with Crippen molar-refractivity contribution in [1.29, 1.82) is 0 Å². The van der Waals surface area contributed by atoms with E-state index < -0.39 is 17.8 Å². The summed E-state index contributed by atoms with van der Waals surface area (Å²) in [4.78, 5) is 6.48. The zero-order chi connectivity index (χ0) is 29.6. The van der Waals surface area contributed by atoms with Crippen LogP contribution < -0.4 is 4.90 Å². The number of fused-ring (bicyclic) bond motifs is 1. The van der Waals surface area contributed by atoms with Crippen LogP contribution in [0.3, 0.4) is 0 Å². The molecule has 6 rings (SSSR count). The first-order chi connectivity index (χ1) is 21.0. The van der Waals surface area contributed by atoms with Gasteiger partial charge in [-0.1, -0.05) is 91.0 Å². The van der Waals surface area contributed by atoms with Crippen LogP contribution in [0.2, 0.25) is 0 Å². The van der Waals surface area contributed by atoms with E-state index in [0.29, 0.717) is 26.4 Å². The number of ether oxygens (including phenoxy) is 4. The Balaban J connectivity index is 1.35. The van der Waals surface area contributed by atoms with Crippen molar-refractivity contribution in [2.75, 3.05) is 25.6 Å². The summed E-state index contributed by atoms with van der Waals surface area (Å²) in [7, 11) is 3.95. The molecule has 1 fully saturated rings. The molecule has 3 aromatic carbocycles. The minimum atomic E-state index is -0.872. The highest BCUT2D eigenvalue weighted by Crippen LogP contribution is 2.47. The number of nitrogens with zero attached hydrogens (tertiary/aromatic N) is 4. The molecule has 0 radical (unpaired) electrons. The van der Waals surface area contributed by atoms with Gasteiger partial charge < -0.3 is 23.8 Å². The summed E-state index contributed by atoms with van der Waals surface area (Å²) < 4.78 is 28.6. The Hall–Kier alpha value is -4.08. The van der Waals surface area contributed by atoms with Crippen LogP contribution in [-0.4, -0.2) is 53.1 Å². The summed E-state index contributed by atoms with van der Waals surface area (Å²) >= 11 is 0. The summed E-state index contributed by atoms with van der Waals surface area (Å²) in [6, 6.07) is 34.6. The molecule has 0 N–H and O–H groups in total. The molecule has 8 nitrogen and oxygen atoms in total. The molecule has 0 unspecified atom stereocenters. The summed E-state index contributed by atoms with van der Waals surface area (Å²) in [6.45, 7) is 3.73. The van der Waals surface area contributed by atoms with Gasteiger partial charge in [-0.3, -0.25) is 0 Å². The van der Waals surface area contributed by atoms with E-state index in [1.807, 2.05) is 90.2 Å². The second-order valence-corrected chi connectivity index (χ2v) is 11.3. The van der Waals surface area contributed by atoms with Gasteiger partial charge in [0.05, 0.1) is 32.1 Å². The van der Waals surface area contributed by atoms with Crippen molar-refractivity contribution in [3.05, 3.63) is 132 Å². The number of hydrogen-bond acceptors (Lipinski definition) is 7. The lowest BCUT2D eigenvalue weighted by atomic mass is 9.90. The summed E-state index contributed by atoms with van der Waals surface area (Å²) in [5.74, 6) is 0.825. The molecule has 5 aromatic rings. The van der Waals surface area contributed by atoms with Crippen LogP contribution in [0.5, 0.6) is 0 Å². The molecule has 0 aliphatic carbocycles. The minimum absolute atomic E-state index is 0.344. The predicted octanol–water partition coefficient (Wildman–Crippen LogP) is 6.01. The molecule has 1 saturated heterocycles. The quantitative estimate of drug-likeness (QED) is 0.180. The van der Waals surface area contributed by atoms with Gasteiger partial charge in [-0.2, -0.15) is 5.10 Å². The molecule has 0 amide bonds. The largest absolute Gasteiger partial charge is 0.374 e. The molecule has 0 saturated carbocycles. The fourth-order valence-corrected chi connectivity index (χ4v) is 5.74. The topological polar surface area (TPSA) is 70.4 Å². The van der Waals surface area contributed by atoms with Crippen molar-refractivity contribution in [3.8, 4) is 0 Å². The maximum atomic E-state index is 6.89.